The van der Waals surface area contributed by atoms with Crippen LogP contribution in [0.3, 0.4) is 0 Å². The smallest absolute Gasteiger partial charge is 0.224 e. The second kappa shape index (κ2) is 7.81. The highest BCUT2D eigenvalue weighted by molar-refractivity contribution is 6.30. The Balaban J connectivity index is 1.90. The van der Waals surface area contributed by atoms with Crippen molar-refractivity contribution in [1.29, 1.82) is 0 Å². The number of benzene rings is 2. The zero-order valence-electron chi connectivity index (χ0n) is 11.6. The normalized spacial score (nSPS) is 11.9. The maximum Gasteiger partial charge on any atom is 0.224 e. The van der Waals surface area contributed by atoms with E-state index in [0.29, 0.717) is 11.4 Å². The number of hydrogen-bond donors (Lipinski definition) is 2. The molecule has 0 saturated carbocycles. The first-order valence-corrected chi connectivity index (χ1v) is 7.24. The van der Waals surface area contributed by atoms with E-state index in [-0.39, 0.29) is 25.0 Å². The summed E-state index contributed by atoms with van der Waals surface area (Å²) in [5.41, 5.74) is 1.94. The Morgan fingerprint density at radius 1 is 1.10 bits per heavy atom. The molecule has 0 bridgehead atoms. The highest BCUT2D eigenvalue weighted by atomic mass is 35.5. The highest BCUT2D eigenvalue weighted by Gasteiger charge is 2.12. The number of hydrogen-bond acceptors (Lipinski definition) is 2. The molecule has 4 heteroatoms. The van der Waals surface area contributed by atoms with Gasteiger partial charge in [-0.1, -0.05) is 54.1 Å². The van der Waals surface area contributed by atoms with E-state index in [4.69, 9.17) is 11.6 Å². The standard InChI is InChI=1S/C17H18ClNO2/c18-15-8-4-7-14(9-15)11-17(21)19-16(12-20)10-13-5-2-1-3-6-13/h1-9,16,20H,10-12H2,(H,19,21)/t16-/m0/s1. The molecular formula is C17H18ClNO2. The summed E-state index contributed by atoms with van der Waals surface area (Å²) in [5, 5.41) is 12.9. The Hall–Kier alpha value is -1.84. The van der Waals surface area contributed by atoms with Crippen LogP contribution in [-0.2, 0) is 17.6 Å². The highest BCUT2D eigenvalue weighted by Crippen LogP contribution is 2.11. The molecule has 1 amide bonds. The summed E-state index contributed by atoms with van der Waals surface area (Å²) < 4.78 is 0. The van der Waals surface area contributed by atoms with E-state index in [9.17, 15) is 9.90 Å². The van der Waals surface area contributed by atoms with Crippen molar-refractivity contribution >= 4 is 17.5 Å². The number of amides is 1. The second-order valence-corrected chi connectivity index (χ2v) is 5.38. The van der Waals surface area contributed by atoms with E-state index in [1.165, 1.54) is 0 Å². The lowest BCUT2D eigenvalue weighted by Crippen LogP contribution is -2.39. The van der Waals surface area contributed by atoms with Gasteiger partial charge in [0.25, 0.3) is 0 Å². The topological polar surface area (TPSA) is 49.3 Å². The van der Waals surface area contributed by atoms with Crippen LogP contribution in [0.25, 0.3) is 0 Å². The first-order valence-electron chi connectivity index (χ1n) is 6.86. The van der Waals surface area contributed by atoms with E-state index in [0.717, 1.165) is 11.1 Å². The SMILES string of the molecule is O=C(Cc1cccc(Cl)c1)N[C@H](CO)Cc1ccccc1. The summed E-state index contributed by atoms with van der Waals surface area (Å²) in [6.07, 6.45) is 0.866. The first kappa shape index (κ1) is 15.5. The van der Waals surface area contributed by atoms with Crippen LogP contribution in [0.15, 0.2) is 54.6 Å². The summed E-state index contributed by atoms with van der Waals surface area (Å²) in [4.78, 5) is 12.0. The van der Waals surface area contributed by atoms with Crippen LogP contribution < -0.4 is 5.32 Å². The number of carbonyl (C=O) groups is 1. The van der Waals surface area contributed by atoms with Gasteiger partial charge in [-0.3, -0.25) is 4.79 Å². The van der Waals surface area contributed by atoms with Crippen LogP contribution in [0.2, 0.25) is 5.02 Å². The monoisotopic (exact) mass is 303 g/mol. The average molecular weight is 304 g/mol. The molecule has 1 atom stereocenters. The van der Waals surface area contributed by atoms with E-state index in [1.807, 2.05) is 42.5 Å². The van der Waals surface area contributed by atoms with Crippen molar-refractivity contribution in [3.05, 3.63) is 70.7 Å². The third-order valence-corrected chi connectivity index (χ3v) is 3.40. The lowest BCUT2D eigenvalue weighted by atomic mass is 10.1. The predicted molar refractivity (Wildman–Crippen MR) is 84.3 cm³/mol. The minimum Gasteiger partial charge on any atom is -0.394 e. The van der Waals surface area contributed by atoms with Gasteiger partial charge in [0.15, 0.2) is 0 Å². The van der Waals surface area contributed by atoms with E-state index in [2.05, 4.69) is 5.32 Å². The van der Waals surface area contributed by atoms with Crippen molar-refractivity contribution in [3.63, 3.8) is 0 Å². The van der Waals surface area contributed by atoms with Crippen LogP contribution in [0.1, 0.15) is 11.1 Å². The van der Waals surface area contributed by atoms with Gasteiger partial charge in [-0.15, -0.1) is 0 Å². The Morgan fingerprint density at radius 3 is 2.48 bits per heavy atom. The quantitative estimate of drug-likeness (QED) is 0.862. The molecule has 0 aliphatic carbocycles. The fourth-order valence-corrected chi connectivity index (χ4v) is 2.38. The minimum atomic E-state index is -0.279. The Morgan fingerprint density at radius 2 is 1.81 bits per heavy atom. The molecule has 0 radical (unpaired) electrons. The van der Waals surface area contributed by atoms with Crippen LogP contribution in [0, 0.1) is 0 Å². The molecule has 0 saturated heterocycles. The Kier molecular flexibility index (Phi) is 5.78. The van der Waals surface area contributed by atoms with Crippen molar-refractivity contribution in [2.24, 2.45) is 0 Å². The van der Waals surface area contributed by atoms with E-state index in [1.54, 1.807) is 12.1 Å². The molecule has 2 N–H and O–H groups in total. The van der Waals surface area contributed by atoms with Crippen LogP contribution >= 0.6 is 11.6 Å². The molecule has 2 aromatic carbocycles. The number of aliphatic hydroxyl groups is 1. The maximum atomic E-state index is 12.0. The van der Waals surface area contributed by atoms with Gasteiger partial charge in [-0.2, -0.15) is 0 Å². The number of nitrogens with one attached hydrogen (secondary N) is 1. The number of rotatable bonds is 6. The van der Waals surface area contributed by atoms with Gasteiger partial charge in [0, 0.05) is 5.02 Å². The van der Waals surface area contributed by atoms with Crippen molar-refractivity contribution < 1.29 is 9.90 Å². The number of halogens is 1. The molecule has 110 valence electrons. The number of carbonyl (C=O) groups excluding carboxylic acids is 1. The molecule has 0 aliphatic rings. The van der Waals surface area contributed by atoms with Gasteiger partial charge >= 0.3 is 0 Å². The second-order valence-electron chi connectivity index (χ2n) is 4.94. The van der Waals surface area contributed by atoms with Gasteiger partial charge in [-0.25, -0.2) is 0 Å². The van der Waals surface area contributed by atoms with Crippen molar-refractivity contribution in [2.75, 3.05) is 6.61 Å². The zero-order chi connectivity index (χ0) is 15.1. The molecule has 0 unspecified atom stereocenters. The van der Waals surface area contributed by atoms with Gasteiger partial charge in [-0.05, 0) is 29.7 Å². The summed E-state index contributed by atoms with van der Waals surface area (Å²) in [5.74, 6) is -0.118. The maximum absolute atomic E-state index is 12.0. The van der Waals surface area contributed by atoms with Crippen LogP contribution in [0.5, 0.6) is 0 Å². The summed E-state index contributed by atoms with van der Waals surface area (Å²) in [7, 11) is 0. The lowest BCUT2D eigenvalue weighted by molar-refractivity contribution is -0.121. The molecule has 21 heavy (non-hydrogen) atoms. The van der Waals surface area contributed by atoms with Gasteiger partial charge in [0.05, 0.1) is 19.1 Å². The third-order valence-electron chi connectivity index (χ3n) is 3.16. The predicted octanol–water partition coefficient (Wildman–Crippen LogP) is 2.60. The largest absolute Gasteiger partial charge is 0.394 e. The molecule has 0 aliphatic heterocycles. The molecule has 2 aromatic rings. The molecule has 0 fully saturated rings. The van der Waals surface area contributed by atoms with E-state index >= 15 is 0 Å². The fourth-order valence-electron chi connectivity index (χ4n) is 2.17. The summed E-state index contributed by atoms with van der Waals surface area (Å²) in [6, 6.07) is 16.7. The van der Waals surface area contributed by atoms with E-state index < -0.39 is 0 Å². The molecule has 3 nitrogen and oxygen atoms in total. The average Bonchev–Trinajstić information content (AvgIpc) is 2.47. The minimum absolute atomic E-state index is 0.0871. The van der Waals surface area contributed by atoms with Crippen LogP contribution in [-0.4, -0.2) is 23.7 Å². The molecule has 0 spiro atoms. The fraction of sp³-hybridized carbons (Fsp3) is 0.235. The molecule has 0 heterocycles. The zero-order valence-corrected chi connectivity index (χ0v) is 12.4. The molecule has 0 aromatic heterocycles. The number of aliphatic hydroxyl groups excluding tert-OH is 1. The molecule has 2 rings (SSSR count). The van der Waals surface area contributed by atoms with Crippen LogP contribution in [0.4, 0.5) is 0 Å². The summed E-state index contributed by atoms with van der Waals surface area (Å²) in [6.45, 7) is -0.0871. The Bertz CT molecular complexity index is 586. The van der Waals surface area contributed by atoms with Gasteiger partial charge < -0.3 is 10.4 Å². The third kappa shape index (κ3) is 5.21. The molecular weight excluding hydrogens is 286 g/mol. The van der Waals surface area contributed by atoms with Crippen molar-refractivity contribution in [1.82, 2.24) is 5.32 Å². The van der Waals surface area contributed by atoms with Crippen molar-refractivity contribution in [3.8, 4) is 0 Å². The van der Waals surface area contributed by atoms with Crippen molar-refractivity contribution in [2.45, 2.75) is 18.9 Å². The lowest BCUT2D eigenvalue weighted by Gasteiger charge is -2.16. The van der Waals surface area contributed by atoms with Gasteiger partial charge in [0.2, 0.25) is 5.91 Å². The summed E-state index contributed by atoms with van der Waals surface area (Å²) >= 11 is 5.90. The van der Waals surface area contributed by atoms with Gasteiger partial charge in [0.1, 0.15) is 0 Å². The first-order chi connectivity index (χ1) is 10.2. The Labute approximate surface area is 129 Å².